The minimum atomic E-state index is -0.752. The van der Waals surface area contributed by atoms with Crippen LogP contribution in [0.1, 0.15) is 36.5 Å². The number of aliphatic imine (C=N–C) groups is 2. The number of nitrogens with one attached hydrogen (secondary N) is 1. The first kappa shape index (κ1) is 34.7. The number of nitrogens with two attached hydrogens (primary N) is 2. The summed E-state index contributed by atoms with van der Waals surface area (Å²) >= 11 is 6.06. The van der Waals surface area contributed by atoms with Crippen LogP contribution in [0.25, 0.3) is 0 Å². The molecule has 14 heteroatoms. The van der Waals surface area contributed by atoms with E-state index in [1.807, 2.05) is 0 Å². The molecule has 3 heterocycles. The Hall–Kier alpha value is -3.31. The number of amides is 2. The minimum Gasteiger partial charge on any atom is -0.400 e. The fraction of sp³-hybridized carbons (Fsp3) is 0.577. The number of likely N-dealkylation sites (N-methyl/N-ethyl adjacent to an activating group) is 1. The number of hydrogen-bond donors (Lipinski definition) is 4. The molecule has 1 atom stereocenters. The third-order valence-corrected chi connectivity index (χ3v) is 6.99. The quantitative estimate of drug-likeness (QED) is 0.156. The highest BCUT2D eigenvalue weighted by atomic mass is 35.5. The topological polar surface area (TPSA) is 166 Å². The molecule has 2 amide bonds. The third kappa shape index (κ3) is 9.41. The summed E-state index contributed by atoms with van der Waals surface area (Å²) < 4.78 is 13.9. The number of likely N-dealkylation sites (tertiary alicyclic amines) is 1. The standard InChI is InChI=1S/C23H35ClFN9O2.C2H2.CH4O/c1-3-15-13-33(19(30-14-26)11-29-12-20(35)28-2)8-9-34(15)16-4-6-32(7-5-16)23(36)17-10-18(25)22(27)31-21(17)24;2*1-2/h10-11,15-16H,3-9,12-14,26H2,1-2H3,(H2,27,31)(H,28,35);1-2H;2H,1H3/b29-11?,30-19+;;. The fourth-order valence-electron chi connectivity index (χ4n) is 4.73. The van der Waals surface area contributed by atoms with Crippen molar-refractivity contribution < 1.29 is 19.1 Å². The number of piperazine rings is 1. The molecular weight excluding hydrogens is 541 g/mol. The summed E-state index contributed by atoms with van der Waals surface area (Å²) in [6, 6.07) is 1.69. The predicted molar refractivity (Wildman–Crippen MR) is 157 cm³/mol. The molecule has 0 saturated carbocycles. The first-order valence-electron chi connectivity index (χ1n) is 12.9. The van der Waals surface area contributed by atoms with Crippen molar-refractivity contribution in [1.82, 2.24) is 25.0 Å². The van der Waals surface area contributed by atoms with Gasteiger partial charge in [0.15, 0.2) is 11.6 Å². The molecule has 0 aromatic carbocycles. The first-order chi connectivity index (χ1) is 19.3. The maximum absolute atomic E-state index is 13.9. The number of hydrogen-bond acceptors (Lipinski definition) is 9. The lowest BCUT2D eigenvalue weighted by Gasteiger charge is -2.47. The summed E-state index contributed by atoms with van der Waals surface area (Å²) in [6.45, 7) is 5.80. The van der Waals surface area contributed by atoms with Crippen LogP contribution in [0.4, 0.5) is 10.2 Å². The number of terminal acetylenes is 1. The number of anilines is 1. The number of aliphatic hydroxyl groups is 1. The Morgan fingerprint density at radius 2 is 1.90 bits per heavy atom. The summed E-state index contributed by atoms with van der Waals surface area (Å²) in [5, 5.41) is 9.46. The molecule has 2 saturated heterocycles. The van der Waals surface area contributed by atoms with Crippen LogP contribution in [-0.2, 0) is 4.79 Å². The van der Waals surface area contributed by atoms with E-state index in [0.717, 1.165) is 52.1 Å². The van der Waals surface area contributed by atoms with Crippen molar-refractivity contribution in [2.45, 2.75) is 38.3 Å². The van der Waals surface area contributed by atoms with Crippen LogP contribution >= 0.6 is 11.6 Å². The van der Waals surface area contributed by atoms with Crippen LogP contribution in [0, 0.1) is 18.7 Å². The van der Waals surface area contributed by atoms with Crippen LogP contribution < -0.4 is 16.8 Å². The Balaban J connectivity index is 0.00000191. The Morgan fingerprint density at radius 1 is 1.25 bits per heavy atom. The number of pyridine rings is 1. The van der Waals surface area contributed by atoms with Gasteiger partial charge in [0.2, 0.25) is 5.91 Å². The maximum Gasteiger partial charge on any atom is 0.257 e. The zero-order valence-electron chi connectivity index (χ0n) is 23.4. The fourth-order valence-corrected chi connectivity index (χ4v) is 4.95. The van der Waals surface area contributed by atoms with Gasteiger partial charge in [0, 0.05) is 59.0 Å². The van der Waals surface area contributed by atoms with Crippen molar-refractivity contribution in [2.75, 3.05) is 65.8 Å². The van der Waals surface area contributed by atoms with Gasteiger partial charge in [-0.15, -0.1) is 12.8 Å². The molecule has 2 fully saturated rings. The average molecular weight is 582 g/mol. The highest BCUT2D eigenvalue weighted by molar-refractivity contribution is 6.32. The lowest BCUT2D eigenvalue weighted by Crippen LogP contribution is -2.59. The Labute approximate surface area is 240 Å². The van der Waals surface area contributed by atoms with Gasteiger partial charge < -0.3 is 31.7 Å². The van der Waals surface area contributed by atoms with E-state index >= 15 is 0 Å². The minimum absolute atomic E-state index is 0.0340. The molecule has 222 valence electrons. The van der Waals surface area contributed by atoms with E-state index in [0.29, 0.717) is 31.0 Å². The van der Waals surface area contributed by atoms with Gasteiger partial charge in [-0.1, -0.05) is 18.5 Å². The van der Waals surface area contributed by atoms with Crippen LogP contribution in [0.5, 0.6) is 0 Å². The largest absolute Gasteiger partial charge is 0.400 e. The van der Waals surface area contributed by atoms with Gasteiger partial charge in [-0.2, -0.15) is 0 Å². The van der Waals surface area contributed by atoms with Crippen molar-refractivity contribution in [3.63, 3.8) is 0 Å². The van der Waals surface area contributed by atoms with Gasteiger partial charge in [-0.3, -0.25) is 24.5 Å². The number of carbonyl (C=O) groups excluding carboxylic acids is 2. The number of carbonyl (C=O) groups is 2. The van der Waals surface area contributed by atoms with Crippen molar-refractivity contribution >= 4 is 41.3 Å². The molecule has 1 aromatic heterocycles. The number of rotatable bonds is 7. The van der Waals surface area contributed by atoms with Crippen LogP contribution in [-0.4, -0.2) is 121 Å². The normalized spacial score (nSPS) is 18.4. The highest BCUT2D eigenvalue weighted by Crippen LogP contribution is 2.26. The van der Waals surface area contributed by atoms with Crippen LogP contribution in [0.15, 0.2) is 16.1 Å². The number of nitrogen functional groups attached to an aromatic ring is 1. The number of halogens is 2. The number of aromatic nitrogens is 1. The van der Waals surface area contributed by atoms with E-state index in [-0.39, 0.29) is 41.6 Å². The molecular formula is C26H41ClFN9O3. The first-order valence-corrected chi connectivity index (χ1v) is 13.3. The number of piperidine rings is 1. The van der Waals surface area contributed by atoms with Crippen LogP contribution in [0.3, 0.4) is 0 Å². The summed E-state index contributed by atoms with van der Waals surface area (Å²) in [7, 11) is 2.57. The van der Waals surface area contributed by atoms with E-state index in [9.17, 15) is 14.0 Å². The maximum atomic E-state index is 13.9. The second kappa shape index (κ2) is 18.1. The molecule has 1 aromatic rings. The van der Waals surface area contributed by atoms with E-state index in [1.54, 1.807) is 18.2 Å². The van der Waals surface area contributed by atoms with Gasteiger partial charge in [0.25, 0.3) is 5.91 Å². The number of nitrogens with zero attached hydrogens (tertiary/aromatic N) is 6. The second-order valence-corrected chi connectivity index (χ2v) is 9.16. The molecule has 1 unspecified atom stereocenters. The Bertz CT molecular complexity index is 1050. The molecule has 0 spiro atoms. The lowest BCUT2D eigenvalue weighted by atomic mass is 9.97. The number of amidine groups is 1. The van der Waals surface area contributed by atoms with Gasteiger partial charge in [-0.05, 0) is 25.3 Å². The molecule has 40 heavy (non-hydrogen) atoms. The van der Waals surface area contributed by atoms with Crippen molar-refractivity contribution in [3.8, 4) is 12.8 Å². The van der Waals surface area contributed by atoms with Crippen LogP contribution in [0.2, 0.25) is 5.15 Å². The lowest BCUT2D eigenvalue weighted by molar-refractivity contribution is -0.119. The molecule has 12 nitrogen and oxygen atoms in total. The zero-order valence-corrected chi connectivity index (χ0v) is 24.1. The molecule has 3 rings (SSSR count). The molecule has 0 aliphatic carbocycles. The Kier molecular flexibility index (Phi) is 15.7. The van der Waals surface area contributed by atoms with Gasteiger partial charge >= 0.3 is 0 Å². The van der Waals surface area contributed by atoms with Crippen molar-refractivity contribution in [3.05, 3.63) is 22.6 Å². The molecule has 6 N–H and O–H groups in total. The molecule has 2 aliphatic rings. The van der Waals surface area contributed by atoms with E-state index in [1.165, 1.54) is 0 Å². The van der Waals surface area contributed by atoms with Gasteiger partial charge in [0.1, 0.15) is 17.5 Å². The SMILES string of the molecule is C#C.CCC1CN(/C(C=NCC(=O)NC)=N/CN)CCN1C1CCN(C(=O)c2cc(F)c(N)nc2Cl)CC1.CO. The molecule has 0 bridgehead atoms. The smallest absolute Gasteiger partial charge is 0.257 e. The molecule has 2 aliphatic heterocycles. The summed E-state index contributed by atoms with van der Waals surface area (Å²) in [5.41, 5.74) is 11.1. The summed E-state index contributed by atoms with van der Waals surface area (Å²) in [6.07, 6.45) is 12.2. The van der Waals surface area contributed by atoms with Gasteiger partial charge in [0.05, 0.1) is 18.4 Å². The average Bonchev–Trinajstić information content (AvgIpc) is 2.99. The summed E-state index contributed by atoms with van der Waals surface area (Å²) in [4.78, 5) is 43.1. The second-order valence-electron chi connectivity index (χ2n) is 8.80. The van der Waals surface area contributed by atoms with E-state index in [4.69, 9.17) is 28.2 Å². The van der Waals surface area contributed by atoms with E-state index in [2.05, 4.69) is 49.9 Å². The van der Waals surface area contributed by atoms with Gasteiger partial charge in [-0.25, -0.2) is 9.37 Å². The predicted octanol–water partition coefficient (Wildman–Crippen LogP) is 0.447. The van der Waals surface area contributed by atoms with Crippen molar-refractivity contribution in [2.24, 2.45) is 15.7 Å². The van der Waals surface area contributed by atoms with E-state index < -0.39 is 5.82 Å². The van der Waals surface area contributed by atoms with Crippen molar-refractivity contribution in [1.29, 1.82) is 0 Å². The Morgan fingerprint density at radius 3 is 2.48 bits per heavy atom. The highest BCUT2D eigenvalue weighted by Gasteiger charge is 2.35. The third-order valence-electron chi connectivity index (χ3n) is 6.71. The zero-order chi connectivity index (χ0) is 30.2. The monoisotopic (exact) mass is 581 g/mol. The molecule has 0 radical (unpaired) electrons. The summed E-state index contributed by atoms with van der Waals surface area (Å²) in [5.74, 6) is -0.893. The number of aliphatic hydroxyl groups excluding tert-OH is 1.